The van der Waals surface area contributed by atoms with E-state index in [1.165, 1.54) is 0 Å². The zero-order valence-corrected chi connectivity index (χ0v) is 10.1. The van der Waals surface area contributed by atoms with Crippen molar-refractivity contribution in [1.29, 1.82) is 0 Å². The largest absolute Gasteiger partial charge is 0.266 e. The highest BCUT2D eigenvalue weighted by Gasteiger charge is 2.22. The molecule has 0 aliphatic carbocycles. The number of rotatable bonds is 2. The molecule has 1 heterocycles. The first-order valence-electron chi connectivity index (χ1n) is 4.25. The molecule has 0 N–H and O–H groups in total. The number of halogens is 1. The molecule has 0 aliphatic heterocycles. The first-order valence-corrected chi connectivity index (χ1v) is 6.56. The molecule has 0 fully saturated rings. The number of aromatic nitrogens is 2. The zero-order valence-electron chi connectivity index (χ0n) is 8.57. The number of aryl methyl sites for hydroxylation is 1. The van der Waals surface area contributed by atoms with Crippen LogP contribution in [0.2, 0.25) is 0 Å². The van der Waals surface area contributed by atoms with Crippen LogP contribution in [0.15, 0.2) is 4.90 Å². The molecule has 1 rings (SSSR count). The molecule has 0 aromatic carbocycles. The van der Waals surface area contributed by atoms with Gasteiger partial charge in [0.1, 0.15) is 4.90 Å². The Kier molecular flexibility index (Phi) is 2.92. The third-order valence-corrected chi connectivity index (χ3v) is 3.53. The number of nitrogens with zero attached hydrogens (tertiary/aromatic N) is 2. The Labute approximate surface area is 88.3 Å². The maximum absolute atomic E-state index is 11.2. The van der Waals surface area contributed by atoms with Crippen LogP contribution >= 0.6 is 10.7 Å². The Morgan fingerprint density at radius 3 is 2.07 bits per heavy atom. The summed E-state index contributed by atoms with van der Waals surface area (Å²) in [6.07, 6.45) is 0. The van der Waals surface area contributed by atoms with E-state index in [9.17, 15) is 8.42 Å². The molecular weight excluding hydrogens is 224 g/mol. The van der Waals surface area contributed by atoms with Gasteiger partial charge in [0, 0.05) is 16.7 Å². The van der Waals surface area contributed by atoms with Gasteiger partial charge in [0.2, 0.25) is 0 Å². The van der Waals surface area contributed by atoms with E-state index in [1.54, 1.807) is 18.5 Å². The molecule has 4 nitrogen and oxygen atoms in total. The van der Waals surface area contributed by atoms with Gasteiger partial charge in [0.05, 0.1) is 11.4 Å². The van der Waals surface area contributed by atoms with Crippen LogP contribution in [-0.4, -0.2) is 18.2 Å². The fourth-order valence-electron chi connectivity index (χ4n) is 1.50. The third kappa shape index (κ3) is 1.93. The second-order valence-corrected chi connectivity index (χ2v) is 5.98. The molecule has 6 heteroatoms. The average Bonchev–Trinajstić information content (AvgIpc) is 2.24. The van der Waals surface area contributed by atoms with E-state index in [4.69, 9.17) is 10.7 Å². The smallest absolute Gasteiger partial charge is 0.264 e. The van der Waals surface area contributed by atoms with Crippen molar-refractivity contribution >= 4 is 19.7 Å². The maximum Gasteiger partial charge on any atom is 0.264 e. The second-order valence-electron chi connectivity index (χ2n) is 3.48. The van der Waals surface area contributed by atoms with E-state index < -0.39 is 9.05 Å². The minimum Gasteiger partial charge on any atom is -0.266 e. The number of hydrogen-bond donors (Lipinski definition) is 0. The van der Waals surface area contributed by atoms with Crippen LogP contribution in [0.4, 0.5) is 0 Å². The lowest BCUT2D eigenvalue weighted by molar-refractivity contribution is 0.514. The van der Waals surface area contributed by atoms with E-state index in [-0.39, 0.29) is 10.9 Å². The summed E-state index contributed by atoms with van der Waals surface area (Å²) in [6, 6.07) is 0.126. The molecule has 0 unspecified atom stereocenters. The van der Waals surface area contributed by atoms with E-state index in [1.807, 2.05) is 13.8 Å². The Bertz CT molecular complexity index is 448. The van der Waals surface area contributed by atoms with Crippen LogP contribution in [0.5, 0.6) is 0 Å². The molecular formula is C8H13ClN2O2S. The van der Waals surface area contributed by atoms with Crippen LogP contribution < -0.4 is 0 Å². The van der Waals surface area contributed by atoms with Crippen LogP contribution in [0.25, 0.3) is 0 Å². The van der Waals surface area contributed by atoms with Crippen LogP contribution in [0.1, 0.15) is 31.3 Å². The summed E-state index contributed by atoms with van der Waals surface area (Å²) >= 11 is 0. The van der Waals surface area contributed by atoms with Gasteiger partial charge in [-0.15, -0.1) is 0 Å². The molecule has 0 amide bonds. The minimum absolute atomic E-state index is 0.126. The van der Waals surface area contributed by atoms with Crippen LogP contribution in [0, 0.1) is 13.8 Å². The molecule has 80 valence electrons. The summed E-state index contributed by atoms with van der Waals surface area (Å²) in [5.74, 6) is 0. The van der Waals surface area contributed by atoms with E-state index >= 15 is 0 Å². The van der Waals surface area contributed by atoms with Crippen molar-refractivity contribution in [3.63, 3.8) is 0 Å². The third-order valence-electron chi connectivity index (χ3n) is 1.99. The van der Waals surface area contributed by atoms with Gasteiger partial charge in [-0.05, 0) is 27.7 Å². The second kappa shape index (κ2) is 3.55. The van der Waals surface area contributed by atoms with Crippen molar-refractivity contribution in [2.45, 2.75) is 38.6 Å². The Morgan fingerprint density at radius 1 is 1.36 bits per heavy atom. The van der Waals surface area contributed by atoms with Gasteiger partial charge >= 0.3 is 0 Å². The minimum atomic E-state index is -3.69. The Balaban J connectivity index is 3.48. The monoisotopic (exact) mass is 236 g/mol. The van der Waals surface area contributed by atoms with E-state index in [2.05, 4.69) is 5.10 Å². The van der Waals surface area contributed by atoms with Crippen LogP contribution in [-0.2, 0) is 9.05 Å². The lowest BCUT2D eigenvalue weighted by atomic mass is 10.3. The summed E-state index contributed by atoms with van der Waals surface area (Å²) in [6.45, 7) is 7.21. The summed E-state index contributed by atoms with van der Waals surface area (Å²) in [5, 5.41) is 4.13. The predicted octanol–water partition coefficient (Wildman–Crippen LogP) is 2.01. The maximum atomic E-state index is 11.2. The molecule has 0 radical (unpaired) electrons. The quantitative estimate of drug-likeness (QED) is 0.739. The van der Waals surface area contributed by atoms with Crippen molar-refractivity contribution in [2.24, 2.45) is 0 Å². The zero-order chi connectivity index (χ0) is 11.1. The highest BCUT2D eigenvalue weighted by atomic mass is 35.7. The van der Waals surface area contributed by atoms with Gasteiger partial charge in [0.15, 0.2) is 0 Å². The van der Waals surface area contributed by atoms with Crippen molar-refractivity contribution in [3.8, 4) is 0 Å². The van der Waals surface area contributed by atoms with Crippen molar-refractivity contribution in [1.82, 2.24) is 9.78 Å². The van der Waals surface area contributed by atoms with E-state index in [0.717, 1.165) is 0 Å². The topological polar surface area (TPSA) is 52.0 Å². The fraction of sp³-hybridized carbons (Fsp3) is 0.625. The fourth-order valence-corrected chi connectivity index (χ4v) is 3.01. The molecule has 0 saturated heterocycles. The first kappa shape index (κ1) is 11.5. The van der Waals surface area contributed by atoms with Gasteiger partial charge in [-0.1, -0.05) is 0 Å². The lowest BCUT2D eigenvalue weighted by Gasteiger charge is -2.07. The highest BCUT2D eigenvalue weighted by molar-refractivity contribution is 8.13. The molecule has 1 aromatic rings. The van der Waals surface area contributed by atoms with Crippen molar-refractivity contribution < 1.29 is 8.42 Å². The molecule has 0 aliphatic rings. The summed E-state index contributed by atoms with van der Waals surface area (Å²) in [5.41, 5.74) is 1.04. The molecule has 0 atom stereocenters. The Hall–Kier alpha value is -0.550. The molecule has 0 spiro atoms. The highest BCUT2D eigenvalue weighted by Crippen LogP contribution is 2.24. The van der Waals surface area contributed by atoms with Gasteiger partial charge in [-0.25, -0.2) is 8.42 Å². The lowest BCUT2D eigenvalue weighted by Crippen LogP contribution is -2.05. The standard InChI is InChI=1S/C8H13ClN2O2S/c1-5(2)11-7(4)8(6(3)10-11)14(9,12)13/h5H,1-4H3. The Morgan fingerprint density at radius 2 is 1.86 bits per heavy atom. The summed E-state index contributed by atoms with van der Waals surface area (Å²) < 4.78 is 24.1. The molecule has 14 heavy (non-hydrogen) atoms. The van der Waals surface area contributed by atoms with Crippen LogP contribution in [0.3, 0.4) is 0 Å². The number of hydrogen-bond acceptors (Lipinski definition) is 3. The van der Waals surface area contributed by atoms with Crippen molar-refractivity contribution in [3.05, 3.63) is 11.4 Å². The summed E-state index contributed by atoms with van der Waals surface area (Å²) in [4.78, 5) is 0.132. The van der Waals surface area contributed by atoms with Gasteiger partial charge in [-0.2, -0.15) is 5.10 Å². The molecule has 0 saturated carbocycles. The van der Waals surface area contributed by atoms with Gasteiger partial charge in [0.25, 0.3) is 9.05 Å². The normalized spacial score (nSPS) is 12.4. The summed E-state index contributed by atoms with van der Waals surface area (Å²) in [7, 11) is 1.62. The van der Waals surface area contributed by atoms with Crippen molar-refractivity contribution in [2.75, 3.05) is 0 Å². The van der Waals surface area contributed by atoms with Gasteiger partial charge < -0.3 is 0 Å². The first-order chi connectivity index (χ1) is 6.25. The van der Waals surface area contributed by atoms with Gasteiger partial charge in [-0.3, -0.25) is 4.68 Å². The SMILES string of the molecule is Cc1nn(C(C)C)c(C)c1S(=O)(=O)Cl. The van der Waals surface area contributed by atoms with E-state index in [0.29, 0.717) is 11.4 Å². The molecule has 0 bridgehead atoms. The average molecular weight is 237 g/mol. The molecule has 1 aromatic heterocycles. The predicted molar refractivity (Wildman–Crippen MR) is 55.1 cm³/mol.